The molecule has 2 aromatic rings. The van der Waals surface area contributed by atoms with E-state index < -0.39 is 12.8 Å². The molecule has 0 bridgehead atoms. The second-order valence-corrected chi connectivity index (χ2v) is 7.96. The highest BCUT2D eigenvalue weighted by Gasteiger charge is 2.29. The van der Waals surface area contributed by atoms with Gasteiger partial charge in [-0.2, -0.15) is 18.2 Å². The fourth-order valence-electron chi connectivity index (χ4n) is 3.64. The molecule has 7 nitrogen and oxygen atoms in total. The van der Waals surface area contributed by atoms with E-state index in [2.05, 4.69) is 10.3 Å². The zero-order valence-electron chi connectivity index (χ0n) is 17.9. The van der Waals surface area contributed by atoms with Crippen LogP contribution >= 0.6 is 0 Å². The topological polar surface area (TPSA) is 74.6 Å². The predicted molar refractivity (Wildman–Crippen MR) is 108 cm³/mol. The van der Waals surface area contributed by atoms with Crippen molar-refractivity contribution in [1.82, 2.24) is 14.9 Å². The van der Waals surface area contributed by atoms with Crippen LogP contribution in [0.5, 0.6) is 11.8 Å². The number of nitrogens with one attached hydrogen (secondary N) is 1. The normalized spacial score (nSPS) is 20.5. The number of nitrogens with zero attached hydrogens (tertiary/aromatic N) is 2. The highest BCUT2D eigenvalue weighted by molar-refractivity contribution is 5.78. The number of imidazole rings is 1. The summed E-state index contributed by atoms with van der Waals surface area (Å²) in [5.74, 6) is 0.0558. The van der Waals surface area contributed by atoms with E-state index in [0.717, 1.165) is 25.7 Å². The number of amides is 1. The van der Waals surface area contributed by atoms with Crippen molar-refractivity contribution < 1.29 is 32.2 Å². The molecule has 0 unspecified atom stereocenters. The molecule has 0 aliphatic heterocycles. The van der Waals surface area contributed by atoms with Crippen LogP contribution in [-0.2, 0) is 16.6 Å². The Balaban J connectivity index is 1.53. The summed E-state index contributed by atoms with van der Waals surface area (Å²) < 4.78 is 55.6. The van der Waals surface area contributed by atoms with Crippen LogP contribution in [0.25, 0.3) is 11.0 Å². The summed E-state index contributed by atoms with van der Waals surface area (Å²) in [4.78, 5) is 15.5. The van der Waals surface area contributed by atoms with Gasteiger partial charge in [0.15, 0.2) is 6.61 Å². The molecule has 1 heterocycles. The smallest absolute Gasteiger partial charge is 0.422 e. The van der Waals surface area contributed by atoms with E-state index in [1.807, 2.05) is 6.92 Å². The fraction of sp³-hybridized carbons (Fsp3) is 0.619. The molecule has 1 amide bonds. The first-order chi connectivity index (χ1) is 14.6. The molecule has 3 rings (SSSR count). The maximum absolute atomic E-state index is 12.4. The van der Waals surface area contributed by atoms with Crippen molar-refractivity contribution in [1.29, 1.82) is 0 Å². The quantitative estimate of drug-likeness (QED) is 0.673. The highest BCUT2D eigenvalue weighted by atomic mass is 19.4. The van der Waals surface area contributed by atoms with Gasteiger partial charge in [-0.05, 0) is 44.7 Å². The third-order valence-electron chi connectivity index (χ3n) is 5.14. The van der Waals surface area contributed by atoms with Crippen molar-refractivity contribution in [3.63, 3.8) is 0 Å². The number of alkyl halides is 3. The van der Waals surface area contributed by atoms with E-state index in [-0.39, 0.29) is 29.9 Å². The van der Waals surface area contributed by atoms with Gasteiger partial charge in [0.2, 0.25) is 5.91 Å². The van der Waals surface area contributed by atoms with Crippen LogP contribution in [0.4, 0.5) is 13.2 Å². The molecule has 1 N–H and O–H groups in total. The molecule has 1 fully saturated rings. The molecule has 1 atom stereocenters. The summed E-state index contributed by atoms with van der Waals surface area (Å²) in [5.41, 5.74) is 1.26. The van der Waals surface area contributed by atoms with Crippen molar-refractivity contribution in [2.45, 2.75) is 64.0 Å². The number of fused-ring (bicyclic) bond motifs is 1. The van der Waals surface area contributed by atoms with E-state index in [9.17, 15) is 18.0 Å². The molecule has 1 aliphatic carbocycles. The maximum Gasteiger partial charge on any atom is 0.422 e. The van der Waals surface area contributed by atoms with Crippen LogP contribution in [0, 0.1) is 0 Å². The number of hydrogen-bond donors (Lipinski definition) is 1. The van der Waals surface area contributed by atoms with E-state index in [1.165, 1.54) is 19.1 Å². The number of rotatable bonds is 8. The van der Waals surface area contributed by atoms with Gasteiger partial charge in [-0.25, -0.2) is 0 Å². The lowest BCUT2D eigenvalue weighted by atomic mass is 9.95. The van der Waals surface area contributed by atoms with Gasteiger partial charge < -0.3 is 19.5 Å². The van der Waals surface area contributed by atoms with Crippen LogP contribution < -0.4 is 14.8 Å². The lowest BCUT2D eigenvalue weighted by molar-refractivity contribution is -0.153. The van der Waals surface area contributed by atoms with Gasteiger partial charge in [-0.1, -0.05) is 0 Å². The largest absolute Gasteiger partial charge is 0.484 e. The van der Waals surface area contributed by atoms with Gasteiger partial charge in [-0.15, -0.1) is 0 Å². The summed E-state index contributed by atoms with van der Waals surface area (Å²) in [7, 11) is 1.76. The first-order valence-electron chi connectivity index (χ1n) is 10.3. The molecule has 31 heavy (non-hydrogen) atoms. The minimum absolute atomic E-state index is 0.0101. The number of halogens is 3. The van der Waals surface area contributed by atoms with E-state index in [4.69, 9.17) is 14.2 Å². The number of carbonyl (C=O) groups is 1. The standard InChI is InChI=1S/C21H28F3N3O4/c1-13(25-14(2)28)11-29-15-4-6-16(7-5-15)31-20-26-18-9-8-17(10-19(18)27(20)3)30-12-21(22,23)24/h8-10,13,15-16H,4-7,11-12H2,1-3H3,(H,25,28)/t13-,15?,16?/m0/s1. The number of ether oxygens (including phenoxy) is 3. The van der Waals surface area contributed by atoms with E-state index in [0.29, 0.717) is 23.7 Å². The van der Waals surface area contributed by atoms with Gasteiger partial charge >= 0.3 is 6.18 Å². The van der Waals surface area contributed by atoms with Crippen molar-refractivity contribution >= 4 is 16.9 Å². The Bertz CT molecular complexity index is 892. The summed E-state index contributed by atoms with van der Waals surface area (Å²) in [6.07, 6.45) is -0.965. The summed E-state index contributed by atoms with van der Waals surface area (Å²) in [6, 6.07) is 5.01. The van der Waals surface area contributed by atoms with Gasteiger partial charge in [0.05, 0.1) is 23.7 Å². The van der Waals surface area contributed by atoms with Gasteiger partial charge in [0.1, 0.15) is 11.9 Å². The summed E-state index contributed by atoms with van der Waals surface area (Å²) in [6.45, 7) is 2.52. The van der Waals surface area contributed by atoms with E-state index in [1.54, 1.807) is 17.7 Å². The maximum atomic E-state index is 12.4. The molecular formula is C21H28F3N3O4. The monoisotopic (exact) mass is 443 g/mol. The zero-order chi connectivity index (χ0) is 22.6. The molecule has 172 valence electrons. The lowest BCUT2D eigenvalue weighted by Crippen LogP contribution is -2.37. The van der Waals surface area contributed by atoms with Crippen molar-refractivity contribution in [3.05, 3.63) is 18.2 Å². The second-order valence-electron chi connectivity index (χ2n) is 7.96. The molecule has 1 aromatic heterocycles. The zero-order valence-corrected chi connectivity index (χ0v) is 17.9. The molecule has 10 heteroatoms. The SMILES string of the molecule is CC(=O)N[C@@H](C)COC1CCC(Oc2nc3ccc(OCC(F)(F)F)cc3n2C)CC1. The third-order valence-corrected chi connectivity index (χ3v) is 5.14. The molecule has 1 saturated carbocycles. The Kier molecular flexibility index (Phi) is 7.30. The number of benzene rings is 1. The average Bonchev–Trinajstić information content (AvgIpc) is 3.00. The highest BCUT2D eigenvalue weighted by Crippen LogP contribution is 2.29. The number of aryl methyl sites for hydroxylation is 1. The Morgan fingerprint density at radius 2 is 1.94 bits per heavy atom. The summed E-state index contributed by atoms with van der Waals surface area (Å²) in [5, 5.41) is 2.80. The first-order valence-corrected chi connectivity index (χ1v) is 10.3. The van der Waals surface area contributed by atoms with E-state index >= 15 is 0 Å². The lowest BCUT2D eigenvalue weighted by Gasteiger charge is -2.29. The molecule has 0 radical (unpaired) electrons. The molecular weight excluding hydrogens is 415 g/mol. The van der Waals surface area contributed by atoms with Gasteiger partial charge in [0.25, 0.3) is 6.01 Å². The minimum atomic E-state index is -4.39. The third kappa shape index (κ3) is 6.75. The van der Waals surface area contributed by atoms with Gasteiger partial charge in [0, 0.05) is 26.1 Å². The van der Waals surface area contributed by atoms with Crippen LogP contribution in [-0.4, -0.2) is 53.1 Å². The molecule has 1 aliphatic rings. The number of carbonyl (C=O) groups excluding carboxylic acids is 1. The van der Waals surface area contributed by atoms with Gasteiger partial charge in [-0.3, -0.25) is 9.36 Å². The molecule has 0 spiro atoms. The van der Waals surface area contributed by atoms with Crippen molar-refractivity contribution in [3.8, 4) is 11.8 Å². The van der Waals surface area contributed by atoms with Crippen LogP contribution in [0.15, 0.2) is 18.2 Å². The average molecular weight is 443 g/mol. The number of hydrogen-bond acceptors (Lipinski definition) is 5. The Hall–Kier alpha value is -2.49. The fourth-order valence-corrected chi connectivity index (χ4v) is 3.64. The Morgan fingerprint density at radius 1 is 1.26 bits per heavy atom. The predicted octanol–water partition coefficient (Wildman–Crippen LogP) is 3.75. The van der Waals surface area contributed by atoms with Crippen molar-refractivity contribution in [2.24, 2.45) is 7.05 Å². The van der Waals surface area contributed by atoms with Crippen LogP contribution in [0.1, 0.15) is 39.5 Å². The second kappa shape index (κ2) is 9.76. The Labute approximate surface area is 178 Å². The van der Waals surface area contributed by atoms with Crippen molar-refractivity contribution in [2.75, 3.05) is 13.2 Å². The van der Waals surface area contributed by atoms with Crippen LogP contribution in [0.2, 0.25) is 0 Å². The first kappa shape index (κ1) is 23.2. The Morgan fingerprint density at radius 3 is 2.58 bits per heavy atom. The number of aromatic nitrogens is 2. The molecule has 0 saturated heterocycles. The van der Waals surface area contributed by atoms with Crippen LogP contribution in [0.3, 0.4) is 0 Å². The minimum Gasteiger partial charge on any atom is -0.484 e. The summed E-state index contributed by atoms with van der Waals surface area (Å²) >= 11 is 0. The molecule has 1 aromatic carbocycles.